The molecule has 0 amide bonds. The Balaban J connectivity index is 0.00000231. The van der Waals surface area contributed by atoms with Gasteiger partial charge in [-0.15, -0.1) is 0 Å². The molecule has 6 nitrogen and oxygen atoms in total. The molecular formula is C25H26N2O4. The number of benzene rings is 1. The van der Waals surface area contributed by atoms with Gasteiger partial charge < -0.3 is 15.6 Å². The first-order valence-electron chi connectivity index (χ1n) is 10.3. The Hall–Kier alpha value is -3.25. The predicted molar refractivity (Wildman–Crippen MR) is 118 cm³/mol. The van der Waals surface area contributed by atoms with Crippen LogP contribution in [0.1, 0.15) is 32.3 Å². The van der Waals surface area contributed by atoms with E-state index in [1.54, 1.807) is 13.0 Å². The SMILES string of the molecule is C=C(OC1=NC(OC(=O)C2=CC3CC3C(C(C)=O)=C2)=C(C)C2CC12)c1ccccc1.N. The number of carbonyl (C=O) groups is 2. The normalized spacial score (nSPS) is 27.4. The smallest absolute Gasteiger partial charge is 0.344 e. The fourth-order valence-corrected chi connectivity index (χ4v) is 4.33. The van der Waals surface area contributed by atoms with Crippen LogP contribution in [0.3, 0.4) is 0 Å². The zero-order valence-corrected chi connectivity index (χ0v) is 17.8. The van der Waals surface area contributed by atoms with E-state index < -0.39 is 5.97 Å². The van der Waals surface area contributed by atoms with Crippen LogP contribution >= 0.6 is 0 Å². The molecule has 0 spiro atoms. The average Bonchev–Trinajstić information content (AvgIpc) is 3.64. The highest BCUT2D eigenvalue weighted by Crippen LogP contribution is 2.51. The molecule has 0 saturated heterocycles. The number of nitrogens with zero attached hydrogens (tertiary/aromatic N) is 1. The minimum absolute atomic E-state index is 0. The van der Waals surface area contributed by atoms with Gasteiger partial charge in [0.2, 0.25) is 11.8 Å². The summed E-state index contributed by atoms with van der Waals surface area (Å²) in [6.45, 7) is 7.51. The largest absolute Gasteiger partial charge is 0.443 e. The van der Waals surface area contributed by atoms with E-state index in [0.29, 0.717) is 23.1 Å². The Morgan fingerprint density at radius 3 is 2.52 bits per heavy atom. The van der Waals surface area contributed by atoms with Gasteiger partial charge in [-0.1, -0.05) is 43.0 Å². The van der Waals surface area contributed by atoms with Gasteiger partial charge in [-0.2, -0.15) is 4.99 Å². The molecule has 2 fully saturated rings. The van der Waals surface area contributed by atoms with E-state index in [4.69, 9.17) is 9.47 Å². The van der Waals surface area contributed by atoms with E-state index >= 15 is 0 Å². The molecule has 0 aromatic heterocycles. The van der Waals surface area contributed by atoms with Gasteiger partial charge in [-0.25, -0.2) is 4.79 Å². The molecule has 4 atom stereocenters. The molecule has 0 bridgehead atoms. The van der Waals surface area contributed by atoms with Crippen LogP contribution in [0.4, 0.5) is 0 Å². The lowest BCUT2D eigenvalue weighted by molar-refractivity contribution is -0.134. The summed E-state index contributed by atoms with van der Waals surface area (Å²) in [4.78, 5) is 29.2. The second kappa shape index (κ2) is 7.78. The van der Waals surface area contributed by atoms with Crippen molar-refractivity contribution in [2.45, 2.75) is 26.7 Å². The molecule has 4 unspecified atom stereocenters. The number of allylic oxidation sites excluding steroid dienone is 3. The number of hydrogen-bond donors (Lipinski definition) is 1. The number of aliphatic imine (C=N–C) groups is 1. The van der Waals surface area contributed by atoms with E-state index in [1.807, 2.05) is 43.3 Å². The minimum atomic E-state index is -0.475. The molecule has 2 saturated carbocycles. The van der Waals surface area contributed by atoms with Gasteiger partial charge in [-0.3, -0.25) is 4.79 Å². The van der Waals surface area contributed by atoms with Gasteiger partial charge in [-0.05, 0) is 61.7 Å². The number of rotatable bonds is 5. The van der Waals surface area contributed by atoms with Gasteiger partial charge >= 0.3 is 5.97 Å². The van der Waals surface area contributed by atoms with Crippen molar-refractivity contribution in [2.75, 3.05) is 0 Å². The van der Waals surface area contributed by atoms with E-state index in [0.717, 1.165) is 29.6 Å². The summed E-state index contributed by atoms with van der Waals surface area (Å²) >= 11 is 0. The fraction of sp³-hybridized carbons (Fsp3) is 0.320. The van der Waals surface area contributed by atoms with Crippen LogP contribution in [0.25, 0.3) is 5.76 Å². The van der Waals surface area contributed by atoms with E-state index in [1.165, 1.54) is 0 Å². The first-order valence-corrected chi connectivity index (χ1v) is 10.3. The van der Waals surface area contributed by atoms with Crippen molar-refractivity contribution in [1.82, 2.24) is 6.15 Å². The zero-order chi connectivity index (χ0) is 21.0. The Labute approximate surface area is 181 Å². The monoisotopic (exact) mass is 418 g/mol. The Bertz CT molecular complexity index is 1090. The van der Waals surface area contributed by atoms with Gasteiger partial charge in [0.25, 0.3) is 0 Å². The summed E-state index contributed by atoms with van der Waals surface area (Å²) in [6.07, 6.45) is 5.44. The third kappa shape index (κ3) is 3.91. The van der Waals surface area contributed by atoms with Crippen LogP contribution in [0.5, 0.6) is 0 Å². The van der Waals surface area contributed by atoms with E-state index in [-0.39, 0.29) is 35.6 Å². The lowest BCUT2D eigenvalue weighted by Crippen LogP contribution is -2.17. The molecular weight excluding hydrogens is 392 g/mol. The van der Waals surface area contributed by atoms with Crippen LogP contribution in [0.15, 0.2) is 76.7 Å². The molecule has 3 N–H and O–H groups in total. The summed E-state index contributed by atoms with van der Waals surface area (Å²) in [5.41, 5.74) is 3.00. The summed E-state index contributed by atoms with van der Waals surface area (Å²) in [6, 6.07) is 9.64. The van der Waals surface area contributed by atoms with Crippen LogP contribution in [-0.2, 0) is 19.1 Å². The maximum Gasteiger partial charge on any atom is 0.344 e. The molecule has 160 valence electrons. The number of ether oxygens (including phenoxy) is 2. The quantitative estimate of drug-likeness (QED) is 0.549. The second-order valence-corrected chi connectivity index (χ2v) is 8.45. The molecule has 6 heteroatoms. The number of esters is 1. The summed E-state index contributed by atoms with van der Waals surface area (Å²) in [5, 5.41) is 0. The molecule has 5 rings (SSSR count). The van der Waals surface area contributed by atoms with Crippen molar-refractivity contribution >= 4 is 23.4 Å². The summed E-state index contributed by atoms with van der Waals surface area (Å²) in [7, 11) is 0. The highest BCUT2D eigenvalue weighted by atomic mass is 16.6. The fourth-order valence-electron chi connectivity index (χ4n) is 4.33. The maximum absolute atomic E-state index is 12.8. The molecule has 1 aliphatic heterocycles. The lowest BCUT2D eigenvalue weighted by Gasteiger charge is -2.18. The highest BCUT2D eigenvalue weighted by Gasteiger charge is 2.49. The van der Waals surface area contributed by atoms with Crippen molar-refractivity contribution in [3.05, 3.63) is 77.2 Å². The first kappa shape index (κ1) is 21.0. The first-order chi connectivity index (χ1) is 14.4. The lowest BCUT2D eigenvalue weighted by atomic mass is 9.97. The van der Waals surface area contributed by atoms with E-state index in [2.05, 4.69) is 11.6 Å². The maximum atomic E-state index is 12.8. The number of Topliss-reactive ketones (excluding diaryl/α,β-unsaturated/α-hetero) is 1. The van der Waals surface area contributed by atoms with Crippen LogP contribution in [0.2, 0.25) is 0 Å². The molecule has 1 aromatic carbocycles. The predicted octanol–water partition coefficient (Wildman–Crippen LogP) is 4.75. The number of hydrogen-bond acceptors (Lipinski definition) is 6. The third-order valence-corrected chi connectivity index (χ3v) is 6.31. The molecule has 3 aliphatic carbocycles. The Morgan fingerprint density at radius 1 is 1.06 bits per heavy atom. The summed E-state index contributed by atoms with van der Waals surface area (Å²) < 4.78 is 11.6. The van der Waals surface area contributed by atoms with Crippen molar-refractivity contribution in [2.24, 2.45) is 28.7 Å². The van der Waals surface area contributed by atoms with Crippen molar-refractivity contribution in [3.8, 4) is 0 Å². The standard InChI is InChI=1S/C25H23NO4.H3N/c1-13-19-12-22(19)24(29-15(3)16-7-5-4-6-8-16)26-23(13)30-25(28)18-9-17-10-21(17)20(11-18)14(2)27;/h4-9,11,17,19,21-22H,3,10,12H2,1-2H3;1H3. The number of fused-ring (bicyclic) bond motifs is 2. The molecule has 0 radical (unpaired) electrons. The minimum Gasteiger partial charge on any atom is -0.443 e. The van der Waals surface area contributed by atoms with Gasteiger partial charge in [0.1, 0.15) is 5.76 Å². The molecule has 1 aromatic rings. The zero-order valence-electron chi connectivity index (χ0n) is 17.8. The number of ketones is 1. The number of carbonyl (C=O) groups excluding carboxylic acids is 2. The van der Waals surface area contributed by atoms with Gasteiger partial charge in [0, 0.05) is 11.5 Å². The van der Waals surface area contributed by atoms with Crippen LogP contribution < -0.4 is 6.15 Å². The molecule has 4 aliphatic rings. The van der Waals surface area contributed by atoms with Gasteiger partial charge in [0.15, 0.2) is 5.78 Å². The summed E-state index contributed by atoms with van der Waals surface area (Å²) in [5.74, 6) is 1.92. The van der Waals surface area contributed by atoms with Crippen molar-refractivity contribution in [1.29, 1.82) is 0 Å². The Kier molecular flexibility index (Phi) is 5.27. The topological polar surface area (TPSA) is 100.0 Å². The van der Waals surface area contributed by atoms with Crippen LogP contribution in [-0.4, -0.2) is 17.7 Å². The van der Waals surface area contributed by atoms with E-state index in [9.17, 15) is 9.59 Å². The van der Waals surface area contributed by atoms with Gasteiger partial charge in [0.05, 0.1) is 5.57 Å². The average molecular weight is 418 g/mol. The molecule has 31 heavy (non-hydrogen) atoms. The van der Waals surface area contributed by atoms with Crippen LogP contribution in [0, 0.1) is 23.7 Å². The van der Waals surface area contributed by atoms with Crippen molar-refractivity contribution < 1.29 is 19.1 Å². The molecule has 1 heterocycles. The Morgan fingerprint density at radius 2 is 1.81 bits per heavy atom. The van der Waals surface area contributed by atoms with Crippen molar-refractivity contribution in [3.63, 3.8) is 0 Å². The second-order valence-electron chi connectivity index (χ2n) is 8.45. The third-order valence-electron chi connectivity index (χ3n) is 6.31. The highest BCUT2D eigenvalue weighted by molar-refractivity contribution is 6.01.